The first kappa shape index (κ1) is 14.7. The molecular weight excluding hydrogens is 224 g/mol. The average molecular weight is 248 g/mol. The van der Waals surface area contributed by atoms with Gasteiger partial charge in [-0.25, -0.2) is 0 Å². The molecule has 0 aliphatic carbocycles. The zero-order chi connectivity index (χ0) is 13.4. The zero-order valence-corrected chi connectivity index (χ0v) is 11.8. The van der Waals surface area contributed by atoms with Crippen LogP contribution in [-0.2, 0) is 12.8 Å². The smallest absolute Gasteiger partial charge is 0.150 e. The van der Waals surface area contributed by atoms with Gasteiger partial charge in [-0.05, 0) is 42.9 Å². The minimum Gasteiger partial charge on any atom is -0.496 e. The number of rotatable bonds is 8. The zero-order valence-electron chi connectivity index (χ0n) is 11.8. The average Bonchev–Trinajstić information content (AvgIpc) is 2.42. The molecule has 0 fully saturated rings. The highest BCUT2D eigenvalue weighted by molar-refractivity contribution is 5.78. The number of hydrogen-bond acceptors (Lipinski definition) is 2. The standard InChI is InChI=1S/C16H24O2/c1-4-6-8-13-10-14(9-7-5-2)16(18-3)11-15(13)12-17/h10-12H,4-9H2,1-3H3. The number of methoxy groups -OCH3 is 1. The van der Waals surface area contributed by atoms with Crippen molar-refractivity contribution in [2.24, 2.45) is 0 Å². The normalized spacial score (nSPS) is 10.4. The Balaban J connectivity index is 3.03. The molecule has 0 aromatic heterocycles. The van der Waals surface area contributed by atoms with Crippen LogP contribution in [-0.4, -0.2) is 13.4 Å². The molecule has 0 saturated carbocycles. The van der Waals surface area contributed by atoms with Crippen molar-refractivity contribution in [3.05, 3.63) is 28.8 Å². The molecule has 0 spiro atoms. The van der Waals surface area contributed by atoms with Gasteiger partial charge in [0.25, 0.3) is 0 Å². The van der Waals surface area contributed by atoms with Gasteiger partial charge in [-0.1, -0.05) is 32.8 Å². The molecule has 18 heavy (non-hydrogen) atoms. The molecule has 0 aliphatic rings. The van der Waals surface area contributed by atoms with Crippen molar-refractivity contribution in [2.75, 3.05) is 7.11 Å². The summed E-state index contributed by atoms with van der Waals surface area (Å²) >= 11 is 0. The highest BCUT2D eigenvalue weighted by atomic mass is 16.5. The third-order valence-electron chi connectivity index (χ3n) is 3.27. The van der Waals surface area contributed by atoms with E-state index in [9.17, 15) is 4.79 Å². The molecule has 1 rings (SSSR count). The van der Waals surface area contributed by atoms with Crippen LogP contribution in [0.2, 0.25) is 0 Å². The fourth-order valence-corrected chi connectivity index (χ4v) is 2.14. The molecule has 0 radical (unpaired) electrons. The quantitative estimate of drug-likeness (QED) is 0.645. The van der Waals surface area contributed by atoms with Crippen molar-refractivity contribution < 1.29 is 9.53 Å². The molecule has 2 heteroatoms. The van der Waals surface area contributed by atoms with Crippen LogP contribution in [0.5, 0.6) is 5.75 Å². The molecule has 0 aliphatic heterocycles. The number of carbonyl (C=O) groups excluding carboxylic acids is 1. The van der Waals surface area contributed by atoms with E-state index in [4.69, 9.17) is 4.74 Å². The maximum absolute atomic E-state index is 11.1. The fourth-order valence-electron chi connectivity index (χ4n) is 2.14. The molecule has 0 amide bonds. The van der Waals surface area contributed by atoms with Gasteiger partial charge in [0.2, 0.25) is 0 Å². The summed E-state index contributed by atoms with van der Waals surface area (Å²) in [4.78, 5) is 11.1. The fraction of sp³-hybridized carbons (Fsp3) is 0.562. The minimum atomic E-state index is 0.778. The number of carbonyl (C=O) groups is 1. The van der Waals surface area contributed by atoms with Gasteiger partial charge in [0.15, 0.2) is 0 Å². The monoisotopic (exact) mass is 248 g/mol. The van der Waals surface area contributed by atoms with Crippen LogP contribution < -0.4 is 4.74 Å². The van der Waals surface area contributed by atoms with Crippen molar-refractivity contribution in [3.63, 3.8) is 0 Å². The number of hydrogen-bond donors (Lipinski definition) is 0. The highest BCUT2D eigenvalue weighted by Crippen LogP contribution is 2.25. The van der Waals surface area contributed by atoms with Gasteiger partial charge in [-0.3, -0.25) is 4.79 Å². The summed E-state index contributed by atoms with van der Waals surface area (Å²) in [5.74, 6) is 0.853. The summed E-state index contributed by atoms with van der Waals surface area (Å²) in [6.07, 6.45) is 7.55. The Morgan fingerprint density at radius 1 is 1.06 bits per heavy atom. The lowest BCUT2D eigenvalue weighted by atomic mass is 9.96. The van der Waals surface area contributed by atoms with Crippen molar-refractivity contribution >= 4 is 6.29 Å². The molecule has 0 bridgehead atoms. The van der Waals surface area contributed by atoms with E-state index in [0.717, 1.165) is 49.7 Å². The third-order valence-corrected chi connectivity index (χ3v) is 3.27. The second-order valence-electron chi connectivity index (χ2n) is 4.69. The van der Waals surface area contributed by atoms with Crippen molar-refractivity contribution in [1.82, 2.24) is 0 Å². The predicted octanol–water partition coefficient (Wildman–Crippen LogP) is 4.19. The maximum atomic E-state index is 11.1. The topological polar surface area (TPSA) is 26.3 Å². The van der Waals surface area contributed by atoms with Crippen LogP contribution in [0.25, 0.3) is 0 Å². The largest absolute Gasteiger partial charge is 0.496 e. The van der Waals surface area contributed by atoms with E-state index in [1.165, 1.54) is 17.5 Å². The van der Waals surface area contributed by atoms with Crippen molar-refractivity contribution in [1.29, 1.82) is 0 Å². The molecule has 2 nitrogen and oxygen atoms in total. The second kappa shape index (κ2) is 7.91. The number of aryl methyl sites for hydroxylation is 2. The first-order valence-electron chi connectivity index (χ1n) is 6.91. The van der Waals surface area contributed by atoms with Crippen LogP contribution in [0, 0.1) is 0 Å². The van der Waals surface area contributed by atoms with E-state index in [-0.39, 0.29) is 0 Å². The Morgan fingerprint density at radius 3 is 2.17 bits per heavy atom. The summed E-state index contributed by atoms with van der Waals surface area (Å²) in [5.41, 5.74) is 3.18. The van der Waals surface area contributed by atoms with Crippen LogP contribution in [0.15, 0.2) is 12.1 Å². The van der Waals surface area contributed by atoms with Gasteiger partial charge >= 0.3 is 0 Å². The molecule has 1 aromatic carbocycles. The molecule has 0 saturated heterocycles. The Bertz CT molecular complexity index is 383. The SMILES string of the molecule is CCCCc1cc(CCCC)c(OC)cc1C=O. The van der Waals surface area contributed by atoms with Gasteiger partial charge in [0.05, 0.1) is 7.11 Å². The summed E-state index contributed by atoms with van der Waals surface area (Å²) in [7, 11) is 1.67. The Hall–Kier alpha value is -1.31. The van der Waals surface area contributed by atoms with E-state index in [2.05, 4.69) is 19.9 Å². The number of ether oxygens (including phenoxy) is 1. The van der Waals surface area contributed by atoms with E-state index in [1.807, 2.05) is 6.07 Å². The maximum Gasteiger partial charge on any atom is 0.150 e. The van der Waals surface area contributed by atoms with E-state index in [0.29, 0.717) is 0 Å². The van der Waals surface area contributed by atoms with Crippen LogP contribution >= 0.6 is 0 Å². The first-order chi connectivity index (χ1) is 8.76. The summed E-state index contributed by atoms with van der Waals surface area (Å²) in [6.45, 7) is 4.35. The second-order valence-corrected chi connectivity index (χ2v) is 4.69. The van der Waals surface area contributed by atoms with Gasteiger partial charge in [0.1, 0.15) is 12.0 Å². The van der Waals surface area contributed by atoms with E-state index >= 15 is 0 Å². The molecular formula is C16H24O2. The summed E-state index contributed by atoms with van der Waals surface area (Å²) < 4.78 is 5.39. The van der Waals surface area contributed by atoms with Gasteiger partial charge < -0.3 is 4.74 Å². The molecule has 100 valence electrons. The molecule has 0 heterocycles. The van der Waals surface area contributed by atoms with E-state index in [1.54, 1.807) is 7.11 Å². The van der Waals surface area contributed by atoms with Crippen LogP contribution in [0.3, 0.4) is 0 Å². The summed E-state index contributed by atoms with van der Waals surface area (Å²) in [5, 5.41) is 0. The Labute approximate surface area is 110 Å². The van der Waals surface area contributed by atoms with Crippen molar-refractivity contribution in [3.8, 4) is 5.75 Å². The summed E-state index contributed by atoms with van der Waals surface area (Å²) in [6, 6.07) is 4.05. The third kappa shape index (κ3) is 3.86. The predicted molar refractivity (Wildman–Crippen MR) is 75.6 cm³/mol. The van der Waals surface area contributed by atoms with Crippen LogP contribution in [0.4, 0.5) is 0 Å². The lowest BCUT2D eigenvalue weighted by Gasteiger charge is -2.13. The van der Waals surface area contributed by atoms with Crippen LogP contribution in [0.1, 0.15) is 61.0 Å². The molecule has 0 N–H and O–H groups in total. The van der Waals surface area contributed by atoms with E-state index < -0.39 is 0 Å². The first-order valence-corrected chi connectivity index (χ1v) is 6.91. The van der Waals surface area contributed by atoms with Gasteiger partial charge in [0, 0.05) is 5.56 Å². The van der Waals surface area contributed by atoms with Gasteiger partial charge in [-0.2, -0.15) is 0 Å². The highest BCUT2D eigenvalue weighted by Gasteiger charge is 2.09. The number of unbranched alkanes of at least 4 members (excludes halogenated alkanes) is 2. The lowest BCUT2D eigenvalue weighted by molar-refractivity contribution is 0.112. The molecule has 1 aromatic rings. The lowest BCUT2D eigenvalue weighted by Crippen LogP contribution is -2.00. The van der Waals surface area contributed by atoms with Gasteiger partial charge in [-0.15, -0.1) is 0 Å². The number of benzene rings is 1. The molecule has 0 atom stereocenters. The Morgan fingerprint density at radius 2 is 1.67 bits per heavy atom. The Kier molecular flexibility index (Phi) is 6.48. The minimum absolute atomic E-state index is 0.778. The van der Waals surface area contributed by atoms with Crippen molar-refractivity contribution in [2.45, 2.75) is 52.4 Å². The molecule has 0 unspecified atom stereocenters. The number of aldehydes is 1.